The summed E-state index contributed by atoms with van der Waals surface area (Å²) in [5.74, 6) is -0.218. The highest BCUT2D eigenvalue weighted by atomic mass is 16.6. The molecule has 1 heterocycles. The molecule has 0 aromatic heterocycles. The van der Waals surface area contributed by atoms with Crippen LogP contribution >= 0.6 is 0 Å². The van der Waals surface area contributed by atoms with Gasteiger partial charge in [0.25, 0.3) is 11.6 Å². The van der Waals surface area contributed by atoms with E-state index in [0.717, 1.165) is 19.6 Å². The first kappa shape index (κ1) is 16.4. The number of nitro benzene ring substituents is 1. The Labute approximate surface area is 129 Å². The van der Waals surface area contributed by atoms with E-state index in [9.17, 15) is 14.9 Å². The minimum absolute atomic E-state index is 0.0205. The molecule has 120 valence electrons. The van der Waals surface area contributed by atoms with Crippen molar-refractivity contribution < 1.29 is 14.5 Å². The second-order valence-corrected chi connectivity index (χ2v) is 5.58. The Morgan fingerprint density at radius 3 is 2.45 bits per heavy atom. The summed E-state index contributed by atoms with van der Waals surface area (Å²) in [6.07, 6.45) is 0.406. The van der Waals surface area contributed by atoms with E-state index in [1.54, 1.807) is 0 Å². The molecule has 0 saturated carbocycles. The zero-order chi connectivity index (χ0) is 16.1. The van der Waals surface area contributed by atoms with Gasteiger partial charge >= 0.3 is 0 Å². The largest absolute Gasteiger partial charge is 0.373 e. The lowest BCUT2D eigenvalue weighted by atomic mass is 10.2. The zero-order valence-corrected chi connectivity index (χ0v) is 12.8. The molecular weight excluding hydrogens is 286 g/mol. The van der Waals surface area contributed by atoms with E-state index in [1.807, 2.05) is 13.8 Å². The fraction of sp³-hybridized carbons (Fsp3) is 0.533. The van der Waals surface area contributed by atoms with Gasteiger partial charge in [0.05, 0.1) is 17.1 Å². The number of nitrogens with one attached hydrogen (secondary N) is 1. The number of nitro groups is 1. The zero-order valence-electron chi connectivity index (χ0n) is 12.8. The average Bonchev–Trinajstić information content (AvgIpc) is 2.46. The average molecular weight is 307 g/mol. The minimum atomic E-state index is -0.484. The van der Waals surface area contributed by atoms with E-state index < -0.39 is 4.92 Å². The van der Waals surface area contributed by atoms with Crippen molar-refractivity contribution in [3.8, 4) is 0 Å². The second kappa shape index (κ2) is 7.33. The van der Waals surface area contributed by atoms with Gasteiger partial charge in [-0.1, -0.05) is 0 Å². The summed E-state index contributed by atoms with van der Waals surface area (Å²) in [6.45, 7) is 7.09. The standard InChI is InChI=1S/C15H21N3O4/c1-11-9-17(10-12(2)22-11)8-7-16-15(19)13-3-5-14(6-4-13)18(20)21/h3-6,11-12H,7-10H2,1-2H3,(H,16,19)/t11-,12+. The van der Waals surface area contributed by atoms with Crippen LogP contribution in [0.15, 0.2) is 24.3 Å². The highest BCUT2D eigenvalue weighted by molar-refractivity contribution is 5.94. The molecular formula is C15H21N3O4. The fourth-order valence-corrected chi connectivity index (χ4v) is 2.63. The van der Waals surface area contributed by atoms with Crippen LogP contribution in [0.3, 0.4) is 0 Å². The monoisotopic (exact) mass is 307 g/mol. The van der Waals surface area contributed by atoms with E-state index in [2.05, 4.69) is 10.2 Å². The molecule has 1 N–H and O–H groups in total. The predicted octanol–water partition coefficient (Wildman–Crippen LogP) is 1.43. The van der Waals surface area contributed by atoms with Crippen molar-refractivity contribution in [3.05, 3.63) is 39.9 Å². The lowest BCUT2D eigenvalue weighted by Crippen LogP contribution is -2.47. The van der Waals surface area contributed by atoms with E-state index in [4.69, 9.17) is 4.74 Å². The molecule has 7 heteroatoms. The Bertz CT molecular complexity index is 522. The number of non-ortho nitro benzene ring substituents is 1. The first-order valence-electron chi connectivity index (χ1n) is 7.36. The summed E-state index contributed by atoms with van der Waals surface area (Å²) in [5.41, 5.74) is 0.405. The van der Waals surface area contributed by atoms with Crippen LogP contribution in [0.25, 0.3) is 0 Å². The summed E-state index contributed by atoms with van der Waals surface area (Å²) < 4.78 is 5.66. The molecule has 2 rings (SSSR count). The fourth-order valence-electron chi connectivity index (χ4n) is 2.63. The normalized spacial score (nSPS) is 22.3. The third-order valence-corrected chi connectivity index (χ3v) is 3.55. The highest BCUT2D eigenvalue weighted by Gasteiger charge is 2.21. The molecule has 0 bridgehead atoms. The van der Waals surface area contributed by atoms with Crippen LogP contribution in [-0.2, 0) is 4.74 Å². The van der Waals surface area contributed by atoms with Crippen molar-refractivity contribution in [1.29, 1.82) is 0 Å². The Morgan fingerprint density at radius 2 is 1.91 bits per heavy atom. The predicted molar refractivity (Wildman–Crippen MR) is 81.9 cm³/mol. The van der Waals surface area contributed by atoms with Crippen LogP contribution in [0, 0.1) is 10.1 Å². The van der Waals surface area contributed by atoms with Gasteiger partial charge in [0.15, 0.2) is 0 Å². The molecule has 2 atom stereocenters. The van der Waals surface area contributed by atoms with E-state index in [-0.39, 0.29) is 23.8 Å². The molecule has 1 fully saturated rings. The van der Waals surface area contributed by atoms with Crippen molar-refractivity contribution in [1.82, 2.24) is 10.2 Å². The maximum atomic E-state index is 12.0. The Hall–Kier alpha value is -1.99. The van der Waals surface area contributed by atoms with Gasteiger partial charge in [-0.25, -0.2) is 0 Å². The maximum absolute atomic E-state index is 12.0. The van der Waals surface area contributed by atoms with E-state index >= 15 is 0 Å². The van der Waals surface area contributed by atoms with Crippen molar-refractivity contribution in [2.24, 2.45) is 0 Å². The quantitative estimate of drug-likeness (QED) is 0.657. The summed E-state index contributed by atoms with van der Waals surface area (Å²) in [6, 6.07) is 5.60. The van der Waals surface area contributed by atoms with E-state index in [0.29, 0.717) is 12.1 Å². The van der Waals surface area contributed by atoms with Gasteiger partial charge in [-0.15, -0.1) is 0 Å². The molecule has 1 aliphatic heterocycles. The first-order valence-corrected chi connectivity index (χ1v) is 7.36. The molecule has 0 unspecified atom stereocenters. The smallest absolute Gasteiger partial charge is 0.269 e. The number of benzene rings is 1. The molecule has 1 aliphatic rings. The van der Waals surface area contributed by atoms with Crippen LogP contribution in [0.4, 0.5) is 5.69 Å². The van der Waals surface area contributed by atoms with E-state index in [1.165, 1.54) is 24.3 Å². The summed E-state index contributed by atoms with van der Waals surface area (Å²) in [4.78, 5) is 24.3. The summed E-state index contributed by atoms with van der Waals surface area (Å²) in [5, 5.41) is 13.4. The molecule has 0 aliphatic carbocycles. The Morgan fingerprint density at radius 1 is 1.32 bits per heavy atom. The van der Waals surface area contributed by atoms with Gasteiger partial charge in [-0.3, -0.25) is 19.8 Å². The number of carbonyl (C=O) groups is 1. The molecule has 1 aromatic carbocycles. The molecule has 1 aromatic rings. The first-order chi connectivity index (χ1) is 10.5. The van der Waals surface area contributed by atoms with Crippen LogP contribution in [0.5, 0.6) is 0 Å². The lowest BCUT2D eigenvalue weighted by Gasteiger charge is -2.35. The van der Waals surface area contributed by atoms with Crippen molar-refractivity contribution >= 4 is 11.6 Å². The molecule has 0 spiro atoms. The molecule has 7 nitrogen and oxygen atoms in total. The maximum Gasteiger partial charge on any atom is 0.269 e. The number of ether oxygens (including phenoxy) is 1. The number of amides is 1. The Balaban J connectivity index is 1.79. The third-order valence-electron chi connectivity index (χ3n) is 3.55. The number of morpholine rings is 1. The highest BCUT2D eigenvalue weighted by Crippen LogP contribution is 2.12. The molecule has 0 radical (unpaired) electrons. The van der Waals surface area contributed by atoms with Gasteiger partial charge in [0.2, 0.25) is 0 Å². The third kappa shape index (κ3) is 4.51. The second-order valence-electron chi connectivity index (χ2n) is 5.58. The van der Waals surface area contributed by atoms with Gasteiger partial charge < -0.3 is 10.1 Å². The van der Waals surface area contributed by atoms with Crippen LogP contribution < -0.4 is 5.32 Å². The minimum Gasteiger partial charge on any atom is -0.373 e. The summed E-state index contributed by atoms with van der Waals surface area (Å²) in [7, 11) is 0. The number of nitrogens with zero attached hydrogens (tertiary/aromatic N) is 2. The van der Waals surface area contributed by atoms with Crippen LogP contribution in [0.1, 0.15) is 24.2 Å². The number of hydrogen-bond acceptors (Lipinski definition) is 5. The number of carbonyl (C=O) groups excluding carboxylic acids is 1. The van der Waals surface area contributed by atoms with Crippen molar-refractivity contribution in [3.63, 3.8) is 0 Å². The topological polar surface area (TPSA) is 84.7 Å². The Kier molecular flexibility index (Phi) is 5.46. The van der Waals surface area contributed by atoms with Gasteiger partial charge in [0, 0.05) is 43.9 Å². The van der Waals surface area contributed by atoms with Gasteiger partial charge in [-0.05, 0) is 26.0 Å². The molecule has 1 amide bonds. The van der Waals surface area contributed by atoms with Crippen molar-refractivity contribution in [2.45, 2.75) is 26.1 Å². The van der Waals surface area contributed by atoms with Gasteiger partial charge in [0.1, 0.15) is 0 Å². The van der Waals surface area contributed by atoms with Crippen LogP contribution in [-0.4, -0.2) is 54.1 Å². The van der Waals surface area contributed by atoms with Gasteiger partial charge in [-0.2, -0.15) is 0 Å². The number of rotatable bonds is 5. The summed E-state index contributed by atoms with van der Waals surface area (Å²) >= 11 is 0. The SMILES string of the molecule is C[C@@H]1CN(CCNC(=O)c2ccc([N+](=O)[O-])cc2)C[C@H](C)O1. The lowest BCUT2D eigenvalue weighted by molar-refractivity contribution is -0.384. The van der Waals surface area contributed by atoms with Crippen molar-refractivity contribution in [2.75, 3.05) is 26.2 Å². The molecule has 1 saturated heterocycles. The molecule has 22 heavy (non-hydrogen) atoms. The number of hydrogen-bond donors (Lipinski definition) is 1. The van der Waals surface area contributed by atoms with Crippen LogP contribution in [0.2, 0.25) is 0 Å².